The van der Waals surface area contributed by atoms with E-state index >= 15 is 0 Å². The molecule has 0 aliphatic carbocycles. The normalized spacial score (nSPS) is 21.1. The van der Waals surface area contributed by atoms with E-state index in [2.05, 4.69) is 15.9 Å². The zero-order valence-corrected chi connectivity index (χ0v) is 14.1. The predicted molar refractivity (Wildman–Crippen MR) is 84.0 cm³/mol. The number of hydrogen-bond donors (Lipinski definition) is 1. The van der Waals surface area contributed by atoms with Gasteiger partial charge in [-0.25, -0.2) is 8.42 Å². The van der Waals surface area contributed by atoms with Crippen molar-refractivity contribution < 1.29 is 8.42 Å². The molecule has 1 aliphatic rings. The molecule has 0 bridgehead atoms. The van der Waals surface area contributed by atoms with Crippen LogP contribution in [0.5, 0.6) is 0 Å². The molecule has 6 heteroatoms. The number of aryl methyl sites for hydroxylation is 1. The second-order valence-corrected chi connectivity index (χ2v) is 8.18. The second-order valence-electron chi connectivity index (χ2n) is 5.36. The summed E-state index contributed by atoms with van der Waals surface area (Å²) < 4.78 is 28.0. The minimum atomic E-state index is -3.40. The number of nitrogens with two attached hydrogens (primary N) is 1. The van der Waals surface area contributed by atoms with Crippen molar-refractivity contribution in [1.82, 2.24) is 4.31 Å². The molecular weight excluding hydrogens is 340 g/mol. The lowest BCUT2D eigenvalue weighted by atomic mass is 9.96. The van der Waals surface area contributed by atoms with E-state index in [0.29, 0.717) is 30.4 Å². The number of halogens is 1. The first-order chi connectivity index (χ1) is 9.45. The first-order valence-corrected chi connectivity index (χ1v) is 9.15. The van der Waals surface area contributed by atoms with Gasteiger partial charge in [0.25, 0.3) is 0 Å². The number of benzene rings is 1. The lowest BCUT2D eigenvalue weighted by Crippen LogP contribution is -2.40. The van der Waals surface area contributed by atoms with Gasteiger partial charge in [-0.3, -0.25) is 0 Å². The van der Waals surface area contributed by atoms with E-state index in [9.17, 15) is 8.42 Å². The van der Waals surface area contributed by atoms with Gasteiger partial charge in [0.05, 0.1) is 4.90 Å². The van der Waals surface area contributed by atoms with Crippen molar-refractivity contribution in [2.45, 2.75) is 31.1 Å². The van der Waals surface area contributed by atoms with E-state index in [1.807, 2.05) is 19.1 Å². The smallest absolute Gasteiger partial charge is 0.243 e. The zero-order chi connectivity index (χ0) is 14.8. The number of rotatable bonds is 4. The van der Waals surface area contributed by atoms with Gasteiger partial charge in [0.1, 0.15) is 0 Å². The molecule has 4 nitrogen and oxygen atoms in total. The molecule has 2 N–H and O–H groups in total. The third-order valence-electron chi connectivity index (χ3n) is 3.82. The Balaban J connectivity index is 2.27. The predicted octanol–water partition coefficient (Wildman–Crippen LogP) is 2.51. The van der Waals surface area contributed by atoms with Gasteiger partial charge in [0, 0.05) is 17.6 Å². The number of piperidine rings is 1. The summed E-state index contributed by atoms with van der Waals surface area (Å²) in [6, 6.07) is 5.39. The summed E-state index contributed by atoms with van der Waals surface area (Å²) in [7, 11) is -3.40. The van der Waals surface area contributed by atoms with Crippen molar-refractivity contribution in [1.29, 1.82) is 0 Å². The SMILES string of the molecule is Cc1ccc(Br)cc1S(=O)(=O)N1CCCC(CCN)C1. The molecule has 2 rings (SSSR count). The van der Waals surface area contributed by atoms with Gasteiger partial charge in [0.2, 0.25) is 10.0 Å². The summed E-state index contributed by atoms with van der Waals surface area (Å²) in [5.41, 5.74) is 6.38. The summed E-state index contributed by atoms with van der Waals surface area (Å²) in [6.45, 7) is 3.65. The lowest BCUT2D eigenvalue weighted by molar-refractivity contribution is 0.258. The fourth-order valence-electron chi connectivity index (χ4n) is 2.71. The van der Waals surface area contributed by atoms with Crippen LogP contribution in [0.4, 0.5) is 0 Å². The third-order valence-corrected chi connectivity index (χ3v) is 6.33. The Morgan fingerprint density at radius 1 is 1.45 bits per heavy atom. The maximum atomic E-state index is 12.8. The van der Waals surface area contributed by atoms with Crippen molar-refractivity contribution in [3.63, 3.8) is 0 Å². The maximum Gasteiger partial charge on any atom is 0.243 e. The molecule has 0 saturated carbocycles. The highest BCUT2D eigenvalue weighted by Crippen LogP contribution is 2.28. The van der Waals surface area contributed by atoms with Gasteiger partial charge in [0.15, 0.2) is 0 Å². The molecule has 1 fully saturated rings. The number of sulfonamides is 1. The highest BCUT2D eigenvalue weighted by Gasteiger charge is 2.30. The zero-order valence-electron chi connectivity index (χ0n) is 11.7. The molecule has 1 heterocycles. The van der Waals surface area contributed by atoms with Crippen LogP contribution in [0.25, 0.3) is 0 Å². The van der Waals surface area contributed by atoms with Crippen molar-refractivity contribution in [2.75, 3.05) is 19.6 Å². The van der Waals surface area contributed by atoms with Crippen molar-refractivity contribution >= 4 is 26.0 Å². The minimum absolute atomic E-state index is 0.385. The summed E-state index contributed by atoms with van der Waals surface area (Å²) in [4.78, 5) is 0.403. The maximum absolute atomic E-state index is 12.8. The first-order valence-electron chi connectivity index (χ1n) is 6.91. The summed E-state index contributed by atoms with van der Waals surface area (Å²) in [5, 5.41) is 0. The van der Waals surface area contributed by atoms with Crippen LogP contribution in [0.1, 0.15) is 24.8 Å². The molecule has 1 aromatic rings. The summed E-state index contributed by atoms with van der Waals surface area (Å²) in [6.07, 6.45) is 2.88. The van der Waals surface area contributed by atoms with Crippen LogP contribution in [0.2, 0.25) is 0 Å². The van der Waals surface area contributed by atoms with E-state index < -0.39 is 10.0 Å². The highest BCUT2D eigenvalue weighted by atomic mass is 79.9. The van der Waals surface area contributed by atoms with Crippen LogP contribution < -0.4 is 5.73 Å². The molecule has 1 aromatic carbocycles. The fourth-order valence-corrected chi connectivity index (χ4v) is 5.03. The molecule has 1 saturated heterocycles. The van der Waals surface area contributed by atoms with Gasteiger partial charge in [-0.15, -0.1) is 0 Å². The van der Waals surface area contributed by atoms with Crippen molar-refractivity contribution in [3.05, 3.63) is 28.2 Å². The standard InChI is InChI=1S/C14H21BrN2O2S/c1-11-4-5-13(15)9-14(11)20(18,19)17-8-2-3-12(10-17)6-7-16/h4-5,9,12H,2-3,6-8,10,16H2,1H3. The van der Waals surface area contributed by atoms with Crippen LogP contribution in [-0.4, -0.2) is 32.4 Å². The largest absolute Gasteiger partial charge is 0.330 e. The average molecular weight is 361 g/mol. The van der Waals surface area contributed by atoms with Crippen molar-refractivity contribution in [3.8, 4) is 0 Å². The van der Waals surface area contributed by atoms with Crippen molar-refractivity contribution in [2.24, 2.45) is 11.7 Å². The Bertz CT molecular complexity index is 573. The molecule has 20 heavy (non-hydrogen) atoms. The molecule has 0 aromatic heterocycles. The fraction of sp³-hybridized carbons (Fsp3) is 0.571. The molecule has 0 spiro atoms. The Labute approximate surface area is 129 Å². The van der Waals surface area contributed by atoms with Crippen LogP contribution >= 0.6 is 15.9 Å². The Morgan fingerprint density at radius 2 is 2.20 bits per heavy atom. The van der Waals surface area contributed by atoms with Gasteiger partial charge >= 0.3 is 0 Å². The minimum Gasteiger partial charge on any atom is -0.330 e. The van der Waals surface area contributed by atoms with E-state index in [1.54, 1.807) is 10.4 Å². The van der Waals surface area contributed by atoms with Crippen LogP contribution in [0.3, 0.4) is 0 Å². The molecule has 112 valence electrons. The van der Waals surface area contributed by atoms with Gasteiger partial charge in [-0.2, -0.15) is 4.31 Å². The molecule has 1 unspecified atom stereocenters. The van der Waals surface area contributed by atoms with E-state index in [-0.39, 0.29) is 0 Å². The Hall–Kier alpha value is -0.430. The van der Waals surface area contributed by atoms with Gasteiger partial charge in [-0.05, 0) is 56.3 Å². The van der Waals surface area contributed by atoms with E-state index in [0.717, 1.165) is 29.3 Å². The van der Waals surface area contributed by atoms with Crippen LogP contribution in [-0.2, 0) is 10.0 Å². The molecular formula is C14H21BrN2O2S. The topological polar surface area (TPSA) is 63.4 Å². The quantitative estimate of drug-likeness (QED) is 0.896. The highest BCUT2D eigenvalue weighted by molar-refractivity contribution is 9.10. The monoisotopic (exact) mass is 360 g/mol. The second kappa shape index (κ2) is 6.56. The third kappa shape index (κ3) is 3.42. The van der Waals surface area contributed by atoms with Gasteiger partial charge < -0.3 is 5.73 Å². The van der Waals surface area contributed by atoms with Crippen LogP contribution in [0, 0.1) is 12.8 Å². The number of nitrogens with zero attached hydrogens (tertiary/aromatic N) is 1. The average Bonchev–Trinajstić information content (AvgIpc) is 2.42. The molecule has 0 amide bonds. The van der Waals surface area contributed by atoms with Crippen LogP contribution in [0.15, 0.2) is 27.6 Å². The molecule has 0 radical (unpaired) electrons. The van der Waals surface area contributed by atoms with Gasteiger partial charge in [-0.1, -0.05) is 22.0 Å². The first kappa shape index (κ1) is 15.9. The summed E-state index contributed by atoms with van der Waals surface area (Å²) >= 11 is 3.35. The van der Waals surface area contributed by atoms with E-state index in [1.165, 1.54) is 0 Å². The van der Waals surface area contributed by atoms with E-state index in [4.69, 9.17) is 5.73 Å². The Kier molecular flexibility index (Phi) is 5.23. The summed E-state index contributed by atoms with van der Waals surface area (Å²) in [5.74, 6) is 0.385. The molecule has 1 atom stereocenters. The number of hydrogen-bond acceptors (Lipinski definition) is 3. The Morgan fingerprint density at radius 3 is 2.90 bits per heavy atom. The lowest BCUT2D eigenvalue weighted by Gasteiger charge is -2.32. The molecule has 1 aliphatic heterocycles.